The summed E-state index contributed by atoms with van der Waals surface area (Å²) in [5, 5.41) is 9.96. The zero-order chi connectivity index (χ0) is 26.3. The van der Waals surface area contributed by atoms with Crippen LogP contribution in [0.1, 0.15) is 81.4 Å². The topological polar surface area (TPSA) is 76.1 Å². The molecule has 0 spiro atoms. The molecule has 2 aromatic rings. The molecule has 1 aliphatic heterocycles. The van der Waals surface area contributed by atoms with Crippen molar-refractivity contribution in [2.75, 3.05) is 6.54 Å². The Labute approximate surface area is 225 Å². The first-order valence-corrected chi connectivity index (χ1v) is 14.4. The molecule has 1 N–H and O–H groups in total. The highest BCUT2D eigenvalue weighted by Gasteiger charge is 2.55. The lowest BCUT2D eigenvalue weighted by atomic mass is 9.52. The van der Waals surface area contributed by atoms with Crippen LogP contribution in [0.5, 0.6) is 5.75 Å². The molecular formula is C32H39NO5. The normalized spacial score (nSPS) is 32.0. The smallest absolute Gasteiger partial charge is 0.410 e. The number of likely N-dealkylation sites (tertiary alicyclic amines) is 1. The summed E-state index contributed by atoms with van der Waals surface area (Å²) < 4.78 is 12.3. The minimum atomic E-state index is -0.851. The summed E-state index contributed by atoms with van der Waals surface area (Å²) in [5.41, 5.74) is 2.88. The van der Waals surface area contributed by atoms with Crippen molar-refractivity contribution < 1.29 is 24.2 Å². The molecule has 202 valence electrons. The summed E-state index contributed by atoms with van der Waals surface area (Å²) >= 11 is 0. The Morgan fingerprint density at radius 3 is 2.61 bits per heavy atom. The van der Waals surface area contributed by atoms with Crippen molar-refractivity contribution in [1.29, 1.82) is 0 Å². The van der Waals surface area contributed by atoms with Gasteiger partial charge < -0.3 is 19.5 Å². The predicted octanol–water partition coefficient (Wildman–Crippen LogP) is 6.49. The van der Waals surface area contributed by atoms with E-state index in [1.54, 1.807) is 0 Å². The van der Waals surface area contributed by atoms with Crippen LogP contribution in [0.25, 0.3) is 0 Å². The average molecular weight is 518 g/mol. The summed E-state index contributed by atoms with van der Waals surface area (Å²) in [4.78, 5) is 27.4. The first-order chi connectivity index (χ1) is 18.4. The second-order valence-electron chi connectivity index (χ2n) is 12.2. The van der Waals surface area contributed by atoms with Crippen LogP contribution in [-0.4, -0.2) is 40.8 Å². The number of carbonyl (C=O) groups is 2. The van der Waals surface area contributed by atoms with E-state index in [0.29, 0.717) is 25.5 Å². The number of aliphatic carboxylic acids is 1. The molecule has 0 aromatic heterocycles. The van der Waals surface area contributed by atoms with Crippen LogP contribution in [0, 0.1) is 11.3 Å². The third kappa shape index (κ3) is 4.26. The number of hydrogen-bond donors (Lipinski definition) is 1. The Hall–Kier alpha value is -3.02. The van der Waals surface area contributed by atoms with Crippen molar-refractivity contribution >= 4 is 12.1 Å². The molecule has 2 saturated carbocycles. The Bertz CT molecular complexity index is 1200. The third-order valence-corrected chi connectivity index (χ3v) is 10.1. The molecule has 6 rings (SSSR count). The zero-order valence-corrected chi connectivity index (χ0v) is 22.4. The van der Waals surface area contributed by atoms with Crippen molar-refractivity contribution in [1.82, 2.24) is 4.90 Å². The standard InChI is InChI=1S/C32H39NO5/c1-31(29(34)35)15-7-6-12-28(31)38-24-14-13-23-19-27-25-11-5-8-16-32(25,26(23)20-24)17-18-33(27)30(36)37-21-22-9-3-2-4-10-22/h2-4,9-10,13-14,20,25,27-28H,5-8,11-12,15-19,21H2,1H3,(H,34,35)/t25-,27+,28?,31?,32+/m0/s1. The van der Waals surface area contributed by atoms with E-state index in [1.807, 2.05) is 48.2 Å². The molecule has 3 aliphatic carbocycles. The molecule has 0 radical (unpaired) electrons. The summed E-state index contributed by atoms with van der Waals surface area (Å²) in [6, 6.07) is 16.4. The van der Waals surface area contributed by atoms with Crippen molar-refractivity contribution in [2.45, 2.75) is 95.3 Å². The Kier molecular flexibility index (Phi) is 6.61. The lowest BCUT2D eigenvalue weighted by molar-refractivity contribution is -0.156. The van der Waals surface area contributed by atoms with E-state index >= 15 is 0 Å². The van der Waals surface area contributed by atoms with E-state index in [4.69, 9.17) is 9.47 Å². The van der Waals surface area contributed by atoms with E-state index in [9.17, 15) is 14.7 Å². The van der Waals surface area contributed by atoms with Gasteiger partial charge in [0.1, 0.15) is 23.9 Å². The molecule has 1 amide bonds. The number of amides is 1. The fourth-order valence-electron chi connectivity index (χ4n) is 7.99. The molecule has 38 heavy (non-hydrogen) atoms. The van der Waals surface area contributed by atoms with Crippen molar-refractivity contribution in [2.24, 2.45) is 11.3 Å². The Morgan fingerprint density at radius 2 is 1.79 bits per heavy atom. The second-order valence-corrected chi connectivity index (χ2v) is 12.2. The van der Waals surface area contributed by atoms with Gasteiger partial charge in [-0.05, 0) is 86.6 Å². The fourth-order valence-corrected chi connectivity index (χ4v) is 7.99. The van der Waals surface area contributed by atoms with Crippen LogP contribution in [0.15, 0.2) is 48.5 Å². The monoisotopic (exact) mass is 517 g/mol. The molecule has 1 saturated heterocycles. The minimum absolute atomic E-state index is 0.0503. The maximum Gasteiger partial charge on any atom is 0.410 e. The molecule has 6 nitrogen and oxygen atoms in total. The van der Waals surface area contributed by atoms with E-state index in [2.05, 4.69) is 12.1 Å². The molecule has 5 atom stereocenters. The predicted molar refractivity (Wildman–Crippen MR) is 144 cm³/mol. The van der Waals surface area contributed by atoms with Gasteiger partial charge in [0.15, 0.2) is 0 Å². The maximum absolute atomic E-state index is 13.3. The summed E-state index contributed by atoms with van der Waals surface area (Å²) in [7, 11) is 0. The van der Waals surface area contributed by atoms with Gasteiger partial charge in [0.25, 0.3) is 0 Å². The third-order valence-electron chi connectivity index (χ3n) is 10.1. The van der Waals surface area contributed by atoms with Gasteiger partial charge in [0.2, 0.25) is 0 Å². The van der Waals surface area contributed by atoms with Crippen molar-refractivity contribution in [3.8, 4) is 5.75 Å². The molecule has 3 fully saturated rings. The first-order valence-electron chi connectivity index (χ1n) is 14.4. The highest BCUT2D eigenvalue weighted by molar-refractivity contribution is 5.75. The molecule has 2 aromatic carbocycles. The van der Waals surface area contributed by atoms with Crippen LogP contribution in [0.2, 0.25) is 0 Å². The van der Waals surface area contributed by atoms with E-state index in [1.165, 1.54) is 24.0 Å². The Balaban J connectivity index is 1.25. The summed E-state index contributed by atoms with van der Waals surface area (Å²) in [5.74, 6) is 0.446. The van der Waals surface area contributed by atoms with E-state index < -0.39 is 11.4 Å². The first kappa shape index (κ1) is 25.3. The van der Waals surface area contributed by atoms with Gasteiger partial charge in [-0.2, -0.15) is 0 Å². The number of nitrogens with zero attached hydrogens (tertiary/aromatic N) is 1. The van der Waals surface area contributed by atoms with Crippen LogP contribution in [0.3, 0.4) is 0 Å². The minimum Gasteiger partial charge on any atom is -0.489 e. The van der Waals surface area contributed by atoms with E-state index in [0.717, 1.165) is 56.3 Å². The Morgan fingerprint density at radius 1 is 1.00 bits per heavy atom. The molecule has 4 aliphatic rings. The van der Waals surface area contributed by atoms with Crippen LogP contribution in [0.4, 0.5) is 4.79 Å². The molecule has 2 unspecified atom stereocenters. The van der Waals surface area contributed by atoms with Gasteiger partial charge in [0.05, 0.1) is 0 Å². The number of hydrogen-bond acceptors (Lipinski definition) is 4. The lowest BCUT2D eigenvalue weighted by Crippen LogP contribution is -2.62. The van der Waals surface area contributed by atoms with Gasteiger partial charge in [-0.15, -0.1) is 0 Å². The van der Waals surface area contributed by atoms with Gasteiger partial charge >= 0.3 is 12.1 Å². The van der Waals surface area contributed by atoms with Gasteiger partial charge in [-0.1, -0.05) is 55.7 Å². The van der Waals surface area contributed by atoms with Crippen LogP contribution in [-0.2, 0) is 28.0 Å². The number of fused-ring (bicyclic) bond motifs is 1. The number of rotatable bonds is 5. The fraction of sp³-hybridized carbons (Fsp3) is 0.562. The van der Waals surface area contributed by atoms with Gasteiger partial charge in [-0.3, -0.25) is 4.79 Å². The quantitative estimate of drug-likeness (QED) is 0.490. The zero-order valence-electron chi connectivity index (χ0n) is 22.4. The number of piperidine rings is 1. The number of carboxylic acids is 1. The SMILES string of the molecule is CC1(C(=O)O)CCCCC1Oc1ccc2c(c1)[C@@]13CCCC[C@H]1[C@@H](C2)N(C(=O)OCc1ccccc1)CC3. The van der Waals surface area contributed by atoms with Crippen LogP contribution < -0.4 is 4.74 Å². The maximum atomic E-state index is 13.3. The number of benzene rings is 2. The summed E-state index contributed by atoms with van der Waals surface area (Å²) in [6.45, 7) is 2.84. The number of carboxylic acid groups (broad SMARTS) is 1. The molecule has 2 bridgehead atoms. The largest absolute Gasteiger partial charge is 0.489 e. The molecule has 1 heterocycles. The highest BCUT2D eigenvalue weighted by atomic mass is 16.6. The number of ether oxygens (including phenoxy) is 2. The number of carbonyl (C=O) groups excluding carboxylic acids is 1. The van der Waals surface area contributed by atoms with Crippen molar-refractivity contribution in [3.05, 3.63) is 65.2 Å². The van der Waals surface area contributed by atoms with E-state index in [-0.39, 0.29) is 23.7 Å². The van der Waals surface area contributed by atoms with Crippen molar-refractivity contribution in [3.63, 3.8) is 0 Å². The lowest BCUT2D eigenvalue weighted by Gasteiger charge is -2.58. The molecule has 6 heteroatoms. The average Bonchev–Trinajstić information content (AvgIpc) is 2.94. The van der Waals surface area contributed by atoms with Gasteiger partial charge in [-0.25, -0.2) is 4.79 Å². The van der Waals surface area contributed by atoms with Crippen LogP contribution >= 0.6 is 0 Å². The van der Waals surface area contributed by atoms with Gasteiger partial charge in [0, 0.05) is 18.0 Å². The second kappa shape index (κ2) is 9.94. The summed E-state index contributed by atoms with van der Waals surface area (Å²) in [6.07, 6.45) is 9.26. The molecular weight excluding hydrogens is 478 g/mol. The highest BCUT2D eigenvalue weighted by Crippen LogP contribution is 2.56.